The molecule has 0 spiro atoms. The normalized spacial score (nSPS) is 11.8. The Morgan fingerprint density at radius 2 is 1.74 bits per heavy atom. The molecule has 0 aliphatic rings. The van der Waals surface area contributed by atoms with Gasteiger partial charge >= 0.3 is 0 Å². The van der Waals surface area contributed by atoms with Crippen LogP contribution in [0.2, 0.25) is 0 Å². The lowest BCUT2D eigenvalue weighted by Gasteiger charge is -2.14. The highest BCUT2D eigenvalue weighted by Gasteiger charge is 2.12. The third-order valence-corrected chi connectivity index (χ3v) is 2.88. The molecule has 0 aliphatic heterocycles. The predicted octanol–water partition coefficient (Wildman–Crippen LogP) is 2.59. The van der Waals surface area contributed by atoms with Gasteiger partial charge in [-0.2, -0.15) is 0 Å². The third-order valence-electron chi connectivity index (χ3n) is 2.88. The number of aromatic hydroxyl groups is 2. The Morgan fingerprint density at radius 1 is 1.05 bits per heavy atom. The quantitative estimate of drug-likeness (QED) is 0.740. The molecule has 0 heterocycles. The zero-order valence-electron chi connectivity index (χ0n) is 10.5. The Morgan fingerprint density at radius 3 is 2.37 bits per heavy atom. The first-order valence-electron chi connectivity index (χ1n) is 5.95. The maximum absolute atomic E-state index is 12.0. The van der Waals surface area contributed by atoms with Gasteiger partial charge in [-0.1, -0.05) is 30.3 Å². The van der Waals surface area contributed by atoms with E-state index in [1.165, 1.54) is 18.2 Å². The van der Waals surface area contributed by atoms with E-state index < -0.39 is 0 Å². The second kappa shape index (κ2) is 5.44. The van der Waals surface area contributed by atoms with Crippen LogP contribution in [0.15, 0.2) is 48.5 Å². The molecule has 4 heteroatoms. The number of benzene rings is 2. The minimum atomic E-state index is -0.306. The highest BCUT2D eigenvalue weighted by atomic mass is 16.3. The summed E-state index contributed by atoms with van der Waals surface area (Å²) in [6, 6.07) is 13.4. The number of carbonyl (C=O) groups excluding carboxylic acids is 1. The number of carbonyl (C=O) groups is 1. The molecular formula is C15H15NO3. The van der Waals surface area contributed by atoms with Crippen molar-refractivity contribution < 1.29 is 15.0 Å². The Hall–Kier alpha value is -2.49. The van der Waals surface area contributed by atoms with E-state index in [2.05, 4.69) is 5.32 Å². The molecule has 0 fully saturated rings. The molecule has 0 saturated carbocycles. The van der Waals surface area contributed by atoms with E-state index in [0.717, 1.165) is 5.56 Å². The molecule has 2 rings (SSSR count). The summed E-state index contributed by atoms with van der Waals surface area (Å²) in [7, 11) is 0. The van der Waals surface area contributed by atoms with Crippen LogP contribution in [0.5, 0.6) is 11.5 Å². The standard InChI is InChI=1S/C15H15NO3/c1-10(11-5-3-2-4-6-11)16-15(19)12-7-8-13(17)14(18)9-12/h2-10,17-18H,1H3,(H,16,19). The fourth-order valence-electron chi connectivity index (χ4n) is 1.77. The summed E-state index contributed by atoms with van der Waals surface area (Å²) in [6.07, 6.45) is 0. The average molecular weight is 257 g/mol. The van der Waals surface area contributed by atoms with Gasteiger partial charge < -0.3 is 15.5 Å². The summed E-state index contributed by atoms with van der Waals surface area (Å²) in [5.41, 5.74) is 1.30. The summed E-state index contributed by atoms with van der Waals surface area (Å²) in [5.74, 6) is -0.848. The Labute approximate surface area is 111 Å². The van der Waals surface area contributed by atoms with Crippen molar-refractivity contribution in [3.8, 4) is 11.5 Å². The molecule has 1 amide bonds. The van der Waals surface area contributed by atoms with E-state index in [1.54, 1.807) is 0 Å². The average Bonchev–Trinajstić information content (AvgIpc) is 2.42. The molecular weight excluding hydrogens is 242 g/mol. The maximum Gasteiger partial charge on any atom is 0.251 e. The van der Waals surface area contributed by atoms with Gasteiger partial charge in [0.2, 0.25) is 0 Å². The summed E-state index contributed by atoms with van der Waals surface area (Å²) >= 11 is 0. The van der Waals surface area contributed by atoms with Crippen molar-refractivity contribution in [3.63, 3.8) is 0 Å². The van der Waals surface area contributed by atoms with Crippen LogP contribution in [0.25, 0.3) is 0 Å². The van der Waals surface area contributed by atoms with Crippen LogP contribution in [0.4, 0.5) is 0 Å². The van der Waals surface area contributed by atoms with Gasteiger partial charge in [-0.3, -0.25) is 4.79 Å². The number of amides is 1. The van der Waals surface area contributed by atoms with Gasteiger partial charge in [-0.25, -0.2) is 0 Å². The van der Waals surface area contributed by atoms with Gasteiger partial charge in [0.05, 0.1) is 6.04 Å². The molecule has 2 aromatic rings. The summed E-state index contributed by atoms with van der Waals surface area (Å²) < 4.78 is 0. The SMILES string of the molecule is CC(NC(=O)c1ccc(O)c(O)c1)c1ccccc1. The van der Waals surface area contributed by atoms with Crippen LogP contribution in [-0.2, 0) is 0 Å². The topological polar surface area (TPSA) is 69.6 Å². The lowest BCUT2D eigenvalue weighted by Crippen LogP contribution is -2.26. The van der Waals surface area contributed by atoms with Crippen molar-refractivity contribution in [1.29, 1.82) is 0 Å². The summed E-state index contributed by atoms with van der Waals surface area (Å²) in [6.45, 7) is 1.88. The van der Waals surface area contributed by atoms with Gasteiger partial charge in [0.25, 0.3) is 5.91 Å². The van der Waals surface area contributed by atoms with Gasteiger partial charge in [-0.05, 0) is 30.7 Å². The Kier molecular flexibility index (Phi) is 3.71. The number of hydrogen-bond donors (Lipinski definition) is 3. The number of rotatable bonds is 3. The van der Waals surface area contributed by atoms with E-state index in [9.17, 15) is 15.0 Å². The maximum atomic E-state index is 12.0. The Balaban J connectivity index is 2.11. The monoisotopic (exact) mass is 257 g/mol. The molecule has 0 saturated heterocycles. The zero-order chi connectivity index (χ0) is 13.8. The molecule has 4 nitrogen and oxygen atoms in total. The van der Waals surface area contributed by atoms with Crippen LogP contribution in [-0.4, -0.2) is 16.1 Å². The van der Waals surface area contributed by atoms with E-state index >= 15 is 0 Å². The minimum Gasteiger partial charge on any atom is -0.504 e. The number of phenols is 2. The zero-order valence-corrected chi connectivity index (χ0v) is 10.5. The number of nitrogens with one attached hydrogen (secondary N) is 1. The van der Waals surface area contributed by atoms with E-state index in [4.69, 9.17) is 0 Å². The molecule has 0 aromatic heterocycles. The molecule has 19 heavy (non-hydrogen) atoms. The van der Waals surface area contributed by atoms with Gasteiger partial charge in [0.1, 0.15) is 0 Å². The number of hydrogen-bond acceptors (Lipinski definition) is 3. The van der Waals surface area contributed by atoms with Crippen molar-refractivity contribution in [1.82, 2.24) is 5.32 Å². The van der Waals surface area contributed by atoms with Crippen molar-refractivity contribution in [2.24, 2.45) is 0 Å². The first kappa shape index (κ1) is 13.0. The predicted molar refractivity (Wildman–Crippen MR) is 72.1 cm³/mol. The highest BCUT2D eigenvalue weighted by molar-refractivity contribution is 5.95. The van der Waals surface area contributed by atoms with Crippen LogP contribution in [0.3, 0.4) is 0 Å². The fraction of sp³-hybridized carbons (Fsp3) is 0.133. The molecule has 2 aromatic carbocycles. The van der Waals surface area contributed by atoms with Crippen molar-refractivity contribution in [2.75, 3.05) is 0 Å². The summed E-state index contributed by atoms with van der Waals surface area (Å²) in [5, 5.41) is 21.4. The molecule has 1 atom stereocenters. The molecule has 0 aliphatic carbocycles. The van der Waals surface area contributed by atoms with Gasteiger partial charge in [-0.15, -0.1) is 0 Å². The summed E-state index contributed by atoms with van der Waals surface area (Å²) in [4.78, 5) is 12.0. The first-order chi connectivity index (χ1) is 9.08. The third kappa shape index (κ3) is 3.04. The second-order valence-electron chi connectivity index (χ2n) is 4.31. The lowest BCUT2D eigenvalue weighted by molar-refractivity contribution is 0.0939. The largest absolute Gasteiger partial charge is 0.504 e. The Bertz CT molecular complexity index is 581. The fourth-order valence-corrected chi connectivity index (χ4v) is 1.77. The van der Waals surface area contributed by atoms with Crippen LogP contribution >= 0.6 is 0 Å². The molecule has 0 bridgehead atoms. The second-order valence-corrected chi connectivity index (χ2v) is 4.31. The first-order valence-corrected chi connectivity index (χ1v) is 5.95. The molecule has 0 radical (unpaired) electrons. The van der Waals surface area contributed by atoms with E-state index in [0.29, 0.717) is 5.56 Å². The molecule has 98 valence electrons. The van der Waals surface area contributed by atoms with Crippen molar-refractivity contribution >= 4 is 5.91 Å². The minimum absolute atomic E-state index is 0.135. The molecule has 1 unspecified atom stereocenters. The van der Waals surface area contributed by atoms with Gasteiger partial charge in [0.15, 0.2) is 11.5 Å². The molecule has 3 N–H and O–H groups in total. The van der Waals surface area contributed by atoms with Crippen molar-refractivity contribution in [2.45, 2.75) is 13.0 Å². The highest BCUT2D eigenvalue weighted by Crippen LogP contribution is 2.25. The smallest absolute Gasteiger partial charge is 0.251 e. The number of phenolic OH excluding ortho intramolecular Hbond substituents is 2. The van der Waals surface area contributed by atoms with Crippen molar-refractivity contribution in [3.05, 3.63) is 59.7 Å². The van der Waals surface area contributed by atoms with E-state index in [1.807, 2.05) is 37.3 Å². The van der Waals surface area contributed by atoms with E-state index in [-0.39, 0.29) is 23.4 Å². The van der Waals surface area contributed by atoms with Gasteiger partial charge in [0, 0.05) is 5.56 Å². The van der Waals surface area contributed by atoms with Crippen LogP contribution in [0.1, 0.15) is 28.9 Å². The van der Waals surface area contributed by atoms with Crippen LogP contribution < -0.4 is 5.32 Å². The lowest BCUT2D eigenvalue weighted by atomic mass is 10.1. The van der Waals surface area contributed by atoms with Crippen LogP contribution in [0, 0.1) is 0 Å².